The van der Waals surface area contributed by atoms with Crippen molar-refractivity contribution in [2.24, 2.45) is 0 Å². The number of nitrogens with zero attached hydrogens (tertiary/aromatic N) is 1. The van der Waals surface area contributed by atoms with Gasteiger partial charge in [0, 0.05) is 13.1 Å². The maximum Gasteiger partial charge on any atom is 0.00161 e. The molecule has 2 heteroatoms. The van der Waals surface area contributed by atoms with Gasteiger partial charge in [-0.1, -0.05) is 22.2 Å². The molecule has 0 radical (unpaired) electrons. The molecule has 1 heterocycles. The summed E-state index contributed by atoms with van der Waals surface area (Å²) in [6.07, 6.45) is 5.66. The highest BCUT2D eigenvalue weighted by molar-refractivity contribution is 7.13. The predicted molar refractivity (Wildman–Crippen MR) is 39.8 cm³/mol. The number of rotatable bonds is 0. The van der Waals surface area contributed by atoms with Gasteiger partial charge in [-0.2, -0.15) is 0 Å². The van der Waals surface area contributed by atoms with Crippen LogP contribution in [0, 0.1) is 0 Å². The molecule has 0 saturated carbocycles. The third-order valence-corrected chi connectivity index (χ3v) is 2.16. The largest absolute Gasteiger partial charge is 0.287 e. The van der Waals surface area contributed by atoms with Crippen LogP contribution >= 0.6 is 9.39 Å². The van der Waals surface area contributed by atoms with Crippen molar-refractivity contribution >= 4 is 9.39 Å². The molecule has 8 heavy (non-hydrogen) atoms. The molecule has 0 aromatic heterocycles. The Morgan fingerprint density at radius 3 is 1.88 bits per heavy atom. The van der Waals surface area contributed by atoms with Crippen molar-refractivity contribution in [1.29, 1.82) is 0 Å². The summed E-state index contributed by atoms with van der Waals surface area (Å²) in [6, 6.07) is 0. The Hall–Kier alpha value is 0.390. The Labute approximate surface area is 53.7 Å². The van der Waals surface area contributed by atoms with E-state index in [0.717, 1.165) is 0 Å². The van der Waals surface area contributed by atoms with Crippen LogP contribution in [-0.2, 0) is 0 Å². The predicted octanol–water partition coefficient (Wildman–Crippen LogP) is 1.65. The second-order valence-corrected chi connectivity index (χ2v) is 3.18. The van der Waals surface area contributed by atoms with Crippen molar-refractivity contribution in [2.45, 2.75) is 25.7 Å². The maximum atomic E-state index is 2.77. The zero-order chi connectivity index (χ0) is 5.82. The molecule has 1 nitrogen and oxygen atoms in total. The molecule has 0 aromatic rings. The third-order valence-electron chi connectivity index (χ3n) is 1.64. The van der Waals surface area contributed by atoms with E-state index in [1.165, 1.54) is 38.8 Å². The van der Waals surface area contributed by atoms with Crippen LogP contribution in [0.4, 0.5) is 0 Å². The first-order valence-corrected chi connectivity index (χ1v) is 3.91. The van der Waals surface area contributed by atoms with Gasteiger partial charge < -0.3 is 0 Å². The molecule has 0 aromatic carbocycles. The van der Waals surface area contributed by atoms with E-state index in [2.05, 4.69) is 14.1 Å². The summed E-state index contributed by atoms with van der Waals surface area (Å²) >= 11 is 0. The van der Waals surface area contributed by atoms with Crippen LogP contribution in [0.2, 0.25) is 0 Å². The van der Waals surface area contributed by atoms with E-state index in [-0.39, 0.29) is 0 Å². The molecular weight excluding hydrogens is 117 g/mol. The van der Waals surface area contributed by atoms with Crippen LogP contribution in [0.3, 0.4) is 0 Å². The highest BCUT2D eigenvalue weighted by Gasteiger charge is 2.01. The third kappa shape index (κ3) is 2.11. The van der Waals surface area contributed by atoms with Crippen molar-refractivity contribution in [2.75, 3.05) is 13.1 Å². The van der Waals surface area contributed by atoms with Crippen LogP contribution in [0.5, 0.6) is 0 Å². The van der Waals surface area contributed by atoms with E-state index in [1.54, 1.807) is 0 Å². The molecule has 1 aliphatic rings. The molecule has 1 unspecified atom stereocenters. The summed E-state index contributed by atoms with van der Waals surface area (Å²) in [7, 11) is 2.77. The highest BCUT2D eigenvalue weighted by atomic mass is 31.0. The lowest BCUT2D eigenvalue weighted by Crippen LogP contribution is -2.10. The van der Waals surface area contributed by atoms with E-state index in [0.29, 0.717) is 0 Å². The van der Waals surface area contributed by atoms with Gasteiger partial charge in [-0.3, -0.25) is 4.67 Å². The number of hydrogen-bond acceptors (Lipinski definition) is 1. The second kappa shape index (κ2) is 3.42. The van der Waals surface area contributed by atoms with Crippen LogP contribution < -0.4 is 0 Å². The van der Waals surface area contributed by atoms with E-state index in [1.807, 2.05) is 0 Å². The van der Waals surface area contributed by atoms with E-state index in [4.69, 9.17) is 0 Å². The van der Waals surface area contributed by atoms with Gasteiger partial charge in [-0.15, -0.1) is 0 Å². The van der Waals surface area contributed by atoms with Gasteiger partial charge >= 0.3 is 0 Å². The van der Waals surface area contributed by atoms with Gasteiger partial charge in [-0.25, -0.2) is 0 Å². The lowest BCUT2D eigenvalue weighted by atomic mass is 10.2. The quantitative estimate of drug-likeness (QED) is 0.452. The Kier molecular flexibility index (Phi) is 2.78. The summed E-state index contributed by atoms with van der Waals surface area (Å²) in [5, 5.41) is 0. The standard InChI is InChI=1S/C6H14NP/c8-7-5-3-1-2-4-6-7/h1-6,8H2. The van der Waals surface area contributed by atoms with Crippen molar-refractivity contribution in [1.82, 2.24) is 4.67 Å². The lowest BCUT2D eigenvalue weighted by molar-refractivity contribution is 0.488. The van der Waals surface area contributed by atoms with Crippen molar-refractivity contribution < 1.29 is 0 Å². The molecule has 1 aliphatic heterocycles. The van der Waals surface area contributed by atoms with Gasteiger partial charge in [0.25, 0.3) is 0 Å². The molecule has 48 valence electrons. The van der Waals surface area contributed by atoms with E-state index >= 15 is 0 Å². The molecule has 1 atom stereocenters. The minimum atomic E-state index is 1.28. The average Bonchev–Trinajstić information content (AvgIpc) is 1.94. The van der Waals surface area contributed by atoms with Crippen molar-refractivity contribution in [3.05, 3.63) is 0 Å². The second-order valence-electron chi connectivity index (χ2n) is 2.45. The zero-order valence-electron chi connectivity index (χ0n) is 5.27. The Bertz CT molecular complexity index is 57.5. The van der Waals surface area contributed by atoms with Gasteiger partial charge in [0.1, 0.15) is 0 Å². The molecule has 1 saturated heterocycles. The van der Waals surface area contributed by atoms with Gasteiger partial charge in [0.05, 0.1) is 0 Å². The zero-order valence-corrected chi connectivity index (χ0v) is 6.42. The fourth-order valence-electron chi connectivity index (χ4n) is 1.10. The van der Waals surface area contributed by atoms with Gasteiger partial charge in [0.2, 0.25) is 0 Å². The van der Waals surface area contributed by atoms with Crippen molar-refractivity contribution in [3.63, 3.8) is 0 Å². The molecule has 1 fully saturated rings. The Morgan fingerprint density at radius 1 is 0.875 bits per heavy atom. The maximum absolute atomic E-state index is 2.77. The number of hydrogen-bond donors (Lipinski definition) is 0. The summed E-state index contributed by atoms with van der Waals surface area (Å²) in [4.78, 5) is 0. The fraction of sp³-hybridized carbons (Fsp3) is 1.00. The monoisotopic (exact) mass is 131 g/mol. The smallest absolute Gasteiger partial charge is 0.00161 e. The van der Waals surface area contributed by atoms with Crippen LogP contribution in [0.1, 0.15) is 25.7 Å². The first kappa shape index (κ1) is 6.51. The van der Waals surface area contributed by atoms with Crippen molar-refractivity contribution in [3.8, 4) is 0 Å². The first-order chi connectivity index (χ1) is 3.89. The first-order valence-electron chi connectivity index (χ1n) is 3.39. The van der Waals surface area contributed by atoms with Crippen LogP contribution in [-0.4, -0.2) is 17.8 Å². The average molecular weight is 131 g/mol. The van der Waals surface area contributed by atoms with E-state index in [9.17, 15) is 0 Å². The molecule has 0 amide bonds. The summed E-state index contributed by atoms with van der Waals surface area (Å²) in [5.41, 5.74) is 0. The SMILES string of the molecule is PN1CCCCCC1. The fourth-order valence-corrected chi connectivity index (χ4v) is 1.46. The Balaban J connectivity index is 2.17. The molecule has 1 rings (SSSR count). The molecule has 0 bridgehead atoms. The molecule has 0 N–H and O–H groups in total. The molecular formula is C6H14NP. The van der Waals surface area contributed by atoms with Crippen LogP contribution in [0.25, 0.3) is 0 Å². The molecule has 0 aliphatic carbocycles. The Morgan fingerprint density at radius 2 is 1.38 bits per heavy atom. The van der Waals surface area contributed by atoms with Crippen LogP contribution in [0.15, 0.2) is 0 Å². The van der Waals surface area contributed by atoms with Gasteiger partial charge in [-0.05, 0) is 12.8 Å². The van der Waals surface area contributed by atoms with Gasteiger partial charge in [0.15, 0.2) is 0 Å². The lowest BCUT2D eigenvalue weighted by Gasteiger charge is -2.10. The normalized spacial score (nSPS) is 25.1. The van der Waals surface area contributed by atoms with E-state index < -0.39 is 0 Å². The summed E-state index contributed by atoms with van der Waals surface area (Å²) in [6.45, 7) is 2.56. The topological polar surface area (TPSA) is 3.24 Å². The summed E-state index contributed by atoms with van der Waals surface area (Å²) in [5.74, 6) is 0. The summed E-state index contributed by atoms with van der Waals surface area (Å²) < 4.78 is 2.34. The minimum absolute atomic E-state index is 1.28. The minimum Gasteiger partial charge on any atom is -0.287 e. The highest BCUT2D eigenvalue weighted by Crippen LogP contribution is 2.11. The molecule has 0 spiro atoms.